The van der Waals surface area contributed by atoms with E-state index in [0.29, 0.717) is 47.0 Å². The number of nitrogens with zero attached hydrogens (tertiary/aromatic N) is 4. The predicted octanol–water partition coefficient (Wildman–Crippen LogP) is 5.60. The highest BCUT2D eigenvalue weighted by Gasteiger charge is 2.53. The van der Waals surface area contributed by atoms with Gasteiger partial charge in [-0.25, -0.2) is 10.4 Å². The lowest BCUT2D eigenvalue weighted by Gasteiger charge is -2.31. The minimum atomic E-state index is -1.47. The Morgan fingerprint density at radius 3 is 2.35 bits per heavy atom. The third kappa shape index (κ3) is 8.05. The summed E-state index contributed by atoms with van der Waals surface area (Å²) < 4.78 is 23.2. The highest BCUT2D eigenvalue weighted by Crippen LogP contribution is 2.43. The molecule has 0 unspecified atom stereocenters. The molecule has 0 bridgehead atoms. The van der Waals surface area contributed by atoms with E-state index in [0.717, 1.165) is 11.1 Å². The van der Waals surface area contributed by atoms with E-state index in [1.807, 2.05) is 78.9 Å². The van der Waals surface area contributed by atoms with Crippen LogP contribution in [0.15, 0.2) is 107 Å². The zero-order chi connectivity index (χ0) is 33.8. The number of azide groups is 1. The second kappa shape index (κ2) is 16.3. The Labute approximate surface area is 278 Å². The molecule has 1 aliphatic rings. The lowest BCUT2D eigenvalue weighted by atomic mass is 9.81. The lowest BCUT2D eigenvalue weighted by Crippen LogP contribution is -2.53. The van der Waals surface area contributed by atoms with Gasteiger partial charge in [-0.1, -0.05) is 59.7 Å². The summed E-state index contributed by atoms with van der Waals surface area (Å²) in [5.41, 5.74) is 17.3. The maximum absolute atomic E-state index is 14.6. The number of hydrazine groups is 1. The third-order valence-electron chi connectivity index (χ3n) is 7.89. The molecule has 1 aliphatic heterocycles. The average molecular weight is 651 g/mol. The van der Waals surface area contributed by atoms with Gasteiger partial charge >= 0.3 is 0 Å². The molecule has 12 heteroatoms. The van der Waals surface area contributed by atoms with E-state index in [1.54, 1.807) is 32.4 Å². The van der Waals surface area contributed by atoms with Gasteiger partial charge < -0.3 is 24.1 Å². The molecule has 248 valence electrons. The van der Waals surface area contributed by atoms with Crippen molar-refractivity contribution in [3.05, 3.63) is 135 Å². The molecule has 0 aliphatic carbocycles. The molecule has 48 heavy (non-hydrogen) atoms. The second-order valence-corrected chi connectivity index (χ2v) is 11.1. The van der Waals surface area contributed by atoms with Crippen LogP contribution in [0.2, 0.25) is 0 Å². The van der Waals surface area contributed by atoms with Crippen LogP contribution in [0.25, 0.3) is 10.4 Å². The van der Waals surface area contributed by atoms with Crippen LogP contribution in [0.1, 0.15) is 40.3 Å². The van der Waals surface area contributed by atoms with Crippen molar-refractivity contribution in [3.63, 3.8) is 0 Å². The van der Waals surface area contributed by atoms with Gasteiger partial charge in [-0.15, -0.1) is 0 Å². The predicted molar refractivity (Wildman–Crippen MR) is 181 cm³/mol. The van der Waals surface area contributed by atoms with E-state index in [4.69, 9.17) is 34.6 Å². The first-order valence-corrected chi connectivity index (χ1v) is 15.5. The maximum Gasteiger partial charge on any atom is 0.266 e. The van der Waals surface area contributed by atoms with Crippen LogP contribution >= 0.6 is 0 Å². The van der Waals surface area contributed by atoms with E-state index in [1.165, 1.54) is 0 Å². The monoisotopic (exact) mass is 650 g/mol. The van der Waals surface area contributed by atoms with E-state index in [-0.39, 0.29) is 32.0 Å². The molecule has 4 aromatic rings. The van der Waals surface area contributed by atoms with Gasteiger partial charge in [0.15, 0.2) is 11.6 Å². The first kappa shape index (κ1) is 33.8. The smallest absolute Gasteiger partial charge is 0.266 e. The molecule has 5 rings (SSSR count). The fourth-order valence-electron chi connectivity index (χ4n) is 5.51. The lowest BCUT2D eigenvalue weighted by molar-refractivity contribution is -0.130. The summed E-state index contributed by atoms with van der Waals surface area (Å²) in [5, 5.41) is 12.9. The molecular weight excluding hydrogens is 612 g/mol. The summed E-state index contributed by atoms with van der Waals surface area (Å²) in [6.07, 6.45) is -0.150. The summed E-state index contributed by atoms with van der Waals surface area (Å²) >= 11 is 0. The highest BCUT2D eigenvalue weighted by molar-refractivity contribution is 6.01. The fraction of sp³-hybridized carbons (Fsp3) is 0.278. The van der Waals surface area contributed by atoms with Crippen LogP contribution in [-0.4, -0.2) is 49.9 Å². The second-order valence-electron chi connectivity index (χ2n) is 11.1. The van der Waals surface area contributed by atoms with Crippen molar-refractivity contribution in [3.8, 4) is 17.2 Å². The molecular formula is C36H38N6O6. The largest absolute Gasteiger partial charge is 0.497 e. The quantitative estimate of drug-likeness (QED) is 0.0468. The number of amides is 1. The van der Waals surface area contributed by atoms with Gasteiger partial charge in [0.25, 0.3) is 5.91 Å². The number of ether oxygens (including phenoxy) is 4. The first-order valence-electron chi connectivity index (χ1n) is 15.5. The Morgan fingerprint density at radius 2 is 1.67 bits per heavy atom. The standard InChI is InChI=1S/C36H38N6O6/c1-45-30-19-26(20-31(21-30)46-2)23-38-41-35(44)36(22-25-9-4-3-5-10-25)33(32-12-7-6-11-28(32)24-39-42-37)48-34(40-36)27-13-15-29(16-14-27)47-18-8-17-43/h3-7,9-16,19-21,33,38,43H,8,17-18,22-24H2,1-2H3,(H,41,44)/t33-,36-/m0/s1. The van der Waals surface area contributed by atoms with Crippen molar-refractivity contribution < 1.29 is 28.8 Å². The Kier molecular flexibility index (Phi) is 11.5. The summed E-state index contributed by atoms with van der Waals surface area (Å²) in [5.74, 6) is 1.75. The number of hydrogen-bond donors (Lipinski definition) is 3. The summed E-state index contributed by atoms with van der Waals surface area (Å²) in [6.45, 7) is 0.765. The summed E-state index contributed by atoms with van der Waals surface area (Å²) in [7, 11) is 3.16. The number of hydrogen-bond acceptors (Lipinski definition) is 9. The van der Waals surface area contributed by atoms with Crippen molar-refractivity contribution in [1.82, 2.24) is 10.9 Å². The molecule has 4 aromatic carbocycles. The van der Waals surface area contributed by atoms with E-state index in [9.17, 15) is 4.79 Å². The molecule has 1 heterocycles. The van der Waals surface area contributed by atoms with Gasteiger partial charge in [0, 0.05) is 42.5 Å². The van der Waals surface area contributed by atoms with Crippen LogP contribution in [0.5, 0.6) is 17.2 Å². The molecule has 2 atom stereocenters. The SMILES string of the molecule is COc1cc(CNNC(=O)[C@@]2(Cc3ccccc3)N=C(c3ccc(OCCCO)cc3)O[C@H]2c2ccccc2CN=[N+]=[N-])cc(OC)c1. The molecule has 0 saturated heterocycles. The topological polar surface area (TPSA) is 159 Å². The first-order chi connectivity index (χ1) is 23.5. The molecule has 0 spiro atoms. The third-order valence-corrected chi connectivity index (χ3v) is 7.89. The fourth-order valence-corrected chi connectivity index (χ4v) is 5.51. The van der Waals surface area contributed by atoms with Gasteiger partial charge in [0.2, 0.25) is 5.90 Å². The normalized spacial score (nSPS) is 16.6. The Balaban J connectivity index is 1.54. The zero-order valence-corrected chi connectivity index (χ0v) is 26.8. The molecule has 12 nitrogen and oxygen atoms in total. The van der Waals surface area contributed by atoms with Gasteiger partial charge in [0.1, 0.15) is 17.2 Å². The van der Waals surface area contributed by atoms with Crippen molar-refractivity contribution in [2.24, 2.45) is 10.1 Å². The summed E-state index contributed by atoms with van der Waals surface area (Å²) in [4.78, 5) is 22.6. The molecule has 0 saturated carbocycles. The minimum Gasteiger partial charge on any atom is -0.497 e. The van der Waals surface area contributed by atoms with Crippen LogP contribution in [0.4, 0.5) is 0 Å². The maximum atomic E-state index is 14.6. The van der Waals surface area contributed by atoms with Gasteiger partial charge in [-0.2, -0.15) is 0 Å². The van der Waals surface area contributed by atoms with E-state index < -0.39 is 17.6 Å². The van der Waals surface area contributed by atoms with Crippen LogP contribution < -0.4 is 25.1 Å². The van der Waals surface area contributed by atoms with Gasteiger partial charge in [-0.05, 0) is 64.2 Å². The van der Waals surface area contributed by atoms with Crippen molar-refractivity contribution in [2.45, 2.75) is 37.6 Å². The Hall–Kier alpha value is -5.55. The Morgan fingerprint density at radius 1 is 0.958 bits per heavy atom. The van der Waals surface area contributed by atoms with Crippen molar-refractivity contribution in [1.29, 1.82) is 0 Å². The molecule has 0 aromatic heterocycles. The Bertz CT molecular complexity index is 1740. The van der Waals surface area contributed by atoms with Crippen LogP contribution in [-0.2, 0) is 29.0 Å². The molecule has 3 N–H and O–H groups in total. The number of methoxy groups -OCH3 is 2. The van der Waals surface area contributed by atoms with Gasteiger partial charge in [0.05, 0.1) is 27.4 Å². The number of aliphatic hydroxyl groups excluding tert-OH is 1. The highest BCUT2D eigenvalue weighted by atomic mass is 16.5. The van der Waals surface area contributed by atoms with Crippen LogP contribution in [0, 0.1) is 0 Å². The number of rotatable bonds is 16. The molecule has 1 amide bonds. The number of aliphatic imine (C=N–C) groups is 1. The minimum absolute atomic E-state index is 0.0411. The number of nitrogens with one attached hydrogen (secondary N) is 2. The number of carbonyl (C=O) groups excluding carboxylic acids is 1. The molecule has 0 radical (unpaired) electrons. The van der Waals surface area contributed by atoms with E-state index in [2.05, 4.69) is 20.9 Å². The van der Waals surface area contributed by atoms with Crippen molar-refractivity contribution in [2.75, 3.05) is 27.4 Å². The summed E-state index contributed by atoms with van der Waals surface area (Å²) in [6, 6.07) is 29.8. The number of benzene rings is 4. The number of aliphatic hydroxyl groups is 1. The van der Waals surface area contributed by atoms with Crippen molar-refractivity contribution >= 4 is 11.8 Å². The zero-order valence-electron chi connectivity index (χ0n) is 26.8. The van der Waals surface area contributed by atoms with Crippen LogP contribution in [0.3, 0.4) is 0 Å². The average Bonchev–Trinajstić information content (AvgIpc) is 3.51. The number of carbonyl (C=O) groups is 1. The van der Waals surface area contributed by atoms with E-state index >= 15 is 0 Å². The molecule has 0 fully saturated rings. The van der Waals surface area contributed by atoms with Gasteiger partial charge in [-0.3, -0.25) is 10.2 Å².